The van der Waals surface area contributed by atoms with Crippen molar-refractivity contribution in [2.75, 3.05) is 11.9 Å². The zero-order valence-corrected chi connectivity index (χ0v) is 13.2. The fraction of sp³-hybridized carbons (Fsp3) is 0.167. The number of carbonyl (C=O) groups excluding carboxylic acids is 1. The van der Waals surface area contributed by atoms with Gasteiger partial charge < -0.3 is 20.4 Å². The van der Waals surface area contributed by atoms with Crippen molar-refractivity contribution in [3.8, 4) is 5.75 Å². The van der Waals surface area contributed by atoms with Crippen LogP contribution in [0.15, 0.2) is 48.5 Å². The summed E-state index contributed by atoms with van der Waals surface area (Å²) >= 11 is 0. The Morgan fingerprint density at radius 3 is 2.79 bits per heavy atom. The summed E-state index contributed by atoms with van der Waals surface area (Å²) in [7, 11) is 0. The predicted octanol–water partition coefficient (Wildman–Crippen LogP) is 4.03. The fourth-order valence-corrected chi connectivity index (χ4v) is 2.43. The number of H-pyrrole nitrogens is 1. The summed E-state index contributed by atoms with van der Waals surface area (Å²) in [6.45, 7) is 2.51. The van der Waals surface area contributed by atoms with Crippen LogP contribution in [-0.2, 0) is 6.54 Å². The van der Waals surface area contributed by atoms with Gasteiger partial charge >= 0.3 is 6.03 Å². The number of aromatic nitrogens is 1. The lowest BCUT2D eigenvalue weighted by atomic mass is 10.2. The third-order valence-electron chi connectivity index (χ3n) is 3.51. The Labute approximate surface area is 138 Å². The zero-order chi connectivity index (χ0) is 16.9. The van der Waals surface area contributed by atoms with Crippen LogP contribution in [-0.4, -0.2) is 17.6 Å². The van der Waals surface area contributed by atoms with Crippen LogP contribution in [0.5, 0.6) is 5.75 Å². The molecule has 0 fully saturated rings. The van der Waals surface area contributed by atoms with E-state index >= 15 is 0 Å². The minimum Gasteiger partial charge on any atom is -0.491 e. The van der Waals surface area contributed by atoms with E-state index in [1.54, 1.807) is 13.0 Å². The quantitative estimate of drug-likeness (QED) is 0.662. The van der Waals surface area contributed by atoms with Crippen LogP contribution >= 0.6 is 0 Å². The molecule has 2 amide bonds. The second-order valence-corrected chi connectivity index (χ2v) is 5.27. The molecule has 0 atom stereocenters. The standard InChI is InChI=1S/C18H18FN3O2/c1-2-24-17-8-7-13(10-15(17)19)22-18(23)20-11-14-9-12-5-3-4-6-16(12)21-14/h3-10,21H,2,11H2,1H3,(H2,20,22,23). The number of fused-ring (bicyclic) bond motifs is 1. The first-order valence-electron chi connectivity index (χ1n) is 7.69. The van der Waals surface area contributed by atoms with Gasteiger partial charge in [-0.25, -0.2) is 9.18 Å². The summed E-state index contributed by atoms with van der Waals surface area (Å²) in [6, 6.07) is 13.8. The van der Waals surface area contributed by atoms with E-state index in [0.717, 1.165) is 16.6 Å². The Kier molecular flexibility index (Phi) is 4.65. The maximum atomic E-state index is 13.8. The van der Waals surface area contributed by atoms with Gasteiger partial charge in [-0.15, -0.1) is 0 Å². The van der Waals surface area contributed by atoms with Crippen molar-refractivity contribution >= 4 is 22.6 Å². The Hall–Kier alpha value is -3.02. The molecule has 0 radical (unpaired) electrons. The van der Waals surface area contributed by atoms with Gasteiger partial charge in [0.2, 0.25) is 0 Å². The number of carbonyl (C=O) groups is 1. The van der Waals surface area contributed by atoms with Gasteiger partial charge in [0.25, 0.3) is 0 Å². The predicted molar refractivity (Wildman–Crippen MR) is 91.7 cm³/mol. The van der Waals surface area contributed by atoms with E-state index in [9.17, 15) is 9.18 Å². The SMILES string of the molecule is CCOc1ccc(NC(=O)NCc2cc3ccccc3[nH]2)cc1F. The van der Waals surface area contributed by atoms with Crippen molar-refractivity contribution < 1.29 is 13.9 Å². The summed E-state index contributed by atoms with van der Waals surface area (Å²) in [5, 5.41) is 6.42. The number of benzene rings is 2. The first-order chi connectivity index (χ1) is 11.7. The number of amides is 2. The highest BCUT2D eigenvalue weighted by atomic mass is 19.1. The van der Waals surface area contributed by atoms with E-state index in [4.69, 9.17) is 4.74 Å². The maximum absolute atomic E-state index is 13.8. The average molecular weight is 327 g/mol. The number of aromatic amines is 1. The smallest absolute Gasteiger partial charge is 0.319 e. The zero-order valence-electron chi connectivity index (χ0n) is 13.2. The number of para-hydroxylation sites is 1. The van der Waals surface area contributed by atoms with Gasteiger partial charge in [0.05, 0.1) is 13.2 Å². The topological polar surface area (TPSA) is 66.2 Å². The molecule has 0 aliphatic rings. The number of ether oxygens (including phenoxy) is 1. The molecule has 0 saturated heterocycles. The number of halogens is 1. The summed E-state index contributed by atoms with van der Waals surface area (Å²) in [5.74, 6) is -0.341. The summed E-state index contributed by atoms with van der Waals surface area (Å²) in [5.41, 5.74) is 2.28. The molecular formula is C18H18FN3O2. The molecular weight excluding hydrogens is 309 g/mol. The molecule has 24 heavy (non-hydrogen) atoms. The third kappa shape index (κ3) is 3.65. The number of hydrogen-bond donors (Lipinski definition) is 3. The fourth-order valence-electron chi connectivity index (χ4n) is 2.43. The second-order valence-electron chi connectivity index (χ2n) is 5.27. The van der Waals surface area contributed by atoms with Gasteiger partial charge in [-0.3, -0.25) is 0 Å². The average Bonchev–Trinajstić information content (AvgIpc) is 2.98. The van der Waals surface area contributed by atoms with E-state index in [2.05, 4.69) is 15.6 Å². The van der Waals surface area contributed by atoms with Gasteiger partial charge in [-0.05, 0) is 36.6 Å². The van der Waals surface area contributed by atoms with Crippen LogP contribution < -0.4 is 15.4 Å². The molecule has 6 heteroatoms. The maximum Gasteiger partial charge on any atom is 0.319 e. The van der Waals surface area contributed by atoms with Gasteiger partial charge in [0, 0.05) is 23.0 Å². The Morgan fingerprint density at radius 1 is 1.21 bits per heavy atom. The molecule has 0 saturated carbocycles. The number of nitrogens with one attached hydrogen (secondary N) is 3. The molecule has 1 aromatic heterocycles. The molecule has 3 N–H and O–H groups in total. The largest absolute Gasteiger partial charge is 0.491 e. The summed E-state index contributed by atoms with van der Waals surface area (Å²) in [6.07, 6.45) is 0. The van der Waals surface area contributed by atoms with Crippen LogP contribution in [0.1, 0.15) is 12.6 Å². The van der Waals surface area contributed by atoms with Crippen molar-refractivity contribution in [3.63, 3.8) is 0 Å². The Balaban J connectivity index is 1.58. The van der Waals surface area contributed by atoms with Crippen LogP contribution in [0.4, 0.5) is 14.9 Å². The van der Waals surface area contributed by atoms with E-state index in [1.165, 1.54) is 12.1 Å². The van der Waals surface area contributed by atoms with Crippen molar-refractivity contribution in [2.45, 2.75) is 13.5 Å². The van der Waals surface area contributed by atoms with Gasteiger partial charge in [-0.1, -0.05) is 18.2 Å². The van der Waals surface area contributed by atoms with E-state index < -0.39 is 11.8 Å². The molecule has 0 bridgehead atoms. The molecule has 0 unspecified atom stereocenters. The van der Waals surface area contributed by atoms with Crippen LogP contribution in [0.2, 0.25) is 0 Å². The highest BCUT2D eigenvalue weighted by Gasteiger charge is 2.07. The number of urea groups is 1. The van der Waals surface area contributed by atoms with E-state index in [1.807, 2.05) is 30.3 Å². The molecule has 124 valence electrons. The molecule has 2 aromatic carbocycles. The second kappa shape index (κ2) is 7.04. The summed E-state index contributed by atoms with van der Waals surface area (Å²) < 4.78 is 18.9. The molecule has 0 aliphatic carbocycles. The van der Waals surface area contributed by atoms with Crippen molar-refractivity contribution in [3.05, 3.63) is 60.0 Å². The van der Waals surface area contributed by atoms with Gasteiger partial charge in [0.1, 0.15) is 0 Å². The third-order valence-corrected chi connectivity index (χ3v) is 3.51. The lowest BCUT2D eigenvalue weighted by Crippen LogP contribution is -2.28. The van der Waals surface area contributed by atoms with Crippen LogP contribution in [0.25, 0.3) is 10.9 Å². The van der Waals surface area contributed by atoms with Crippen molar-refractivity contribution in [1.82, 2.24) is 10.3 Å². The first-order valence-corrected chi connectivity index (χ1v) is 7.69. The Morgan fingerprint density at radius 2 is 2.04 bits per heavy atom. The number of hydrogen-bond acceptors (Lipinski definition) is 2. The first kappa shape index (κ1) is 15.9. The molecule has 3 rings (SSSR count). The minimum atomic E-state index is -0.509. The highest BCUT2D eigenvalue weighted by Crippen LogP contribution is 2.21. The highest BCUT2D eigenvalue weighted by molar-refractivity contribution is 5.89. The van der Waals surface area contributed by atoms with Crippen molar-refractivity contribution in [2.24, 2.45) is 0 Å². The van der Waals surface area contributed by atoms with Gasteiger partial charge in [-0.2, -0.15) is 0 Å². The monoisotopic (exact) mass is 327 g/mol. The Bertz CT molecular complexity index is 827. The molecule has 3 aromatic rings. The van der Waals surface area contributed by atoms with E-state index in [-0.39, 0.29) is 5.75 Å². The molecule has 0 spiro atoms. The normalized spacial score (nSPS) is 10.6. The van der Waals surface area contributed by atoms with Crippen LogP contribution in [0, 0.1) is 5.82 Å². The lowest BCUT2D eigenvalue weighted by molar-refractivity contribution is 0.251. The number of rotatable bonds is 5. The molecule has 1 heterocycles. The van der Waals surface area contributed by atoms with Gasteiger partial charge in [0.15, 0.2) is 11.6 Å². The lowest BCUT2D eigenvalue weighted by Gasteiger charge is -2.09. The molecule has 5 nitrogen and oxygen atoms in total. The van der Waals surface area contributed by atoms with E-state index in [0.29, 0.717) is 18.8 Å². The minimum absolute atomic E-state index is 0.168. The van der Waals surface area contributed by atoms with Crippen LogP contribution in [0.3, 0.4) is 0 Å². The number of anilines is 1. The molecule has 0 aliphatic heterocycles. The summed E-state index contributed by atoms with van der Waals surface area (Å²) in [4.78, 5) is 15.2. The van der Waals surface area contributed by atoms with Crippen molar-refractivity contribution in [1.29, 1.82) is 0 Å².